The lowest BCUT2D eigenvalue weighted by Gasteiger charge is -2.10. The van der Waals surface area contributed by atoms with E-state index in [1.165, 1.54) is 38.7 Å². The maximum absolute atomic E-state index is 13.4. The van der Waals surface area contributed by atoms with E-state index in [-0.39, 0.29) is 35.4 Å². The summed E-state index contributed by atoms with van der Waals surface area (Å²) in [5.74, 6) is -0.166. The lowest BCUT2D eigenvalue weighted by molar-refractivity contribution is 0.369. The van der Waals surface area contributed by atoms with Gasteiger partial charge in [0.2, 0.25) is 11.7 Å². The van der Waals surface area contributed by atoms with Crippen molar-refractivity contribution in [2.75, 3.05) is 0 Å². The first-order chi connectivity index (χ1) is 15.5. The van der Waals surface area contributed by atoms with Gasteiger partial charge in [-0.3, -0.25) is 13.9 Å². The van der Waals surface area contributed by atoms with Gasteiger partial charge in [0.1, 0.15) is 17.1 Å². The van der Waals surface area contributed by atoms with E-state index in [2.05, 4.69) is 10.1 Å². The third-order valence-corrected chi connectivity index (χ3v) is 6.14. The van der Waals surface area contributed by atoms with Gasteiger partial charge in [-0.05, 0) is 35.2 Å². The first kappa shape index (κ1) is 20.3. The van der Waals surface area contributed by atoms with Crippen molar-refractivity contribution in [1.82, 2.24) is 19.3 Å². The summed E-state index contributed by atoms with van der Waals surface area (Å²) in [6.07, 6.45) is 0. The molecule has 5 rings (SSSR count). The number of hydrogen-bond acceptors (Lipinski definition) is 6. The van der Waals surface area contributed by atoms with Crippen LogP contribution in [0, 0.1) is 5.82 Å². The van der Waals surface area contributed by atoms with Crippen LogP contribution in [0.15, 0.2) is 74.1 Å². The molecule has 7 nitrogen and oxygen atoms in total. The molecule has 10 heteroatoms. The Morgan fingerprint density at radius 3 is 2.62 bits per heavy atom. The van der Waals surface area contributed by atoms with Gasteiger partial charge in [-0.15, -0.1) is 11.3 Å². The summed E-state index contributed by atoms with van der Waals surface area (Å²) >= 11 is 7.10. The van der Waals surface area contributed by atoms with Crippen molar-refractivity contribution in [2.24, 2.45) is 0 Å². The van der Waals surface area contributed by atoms with Gasteiger partial charge >= 0.3 is 5.69 Å². The zero-order valence-corrected chi connectivity index (χ0v) is 17.9. The van der Waals surface area contributed by atoms with Gasteiger partial charge in [0.05, 0.1) is 17.1 Å². The Bertz CT molecular complexity index is 1560. The SMILES string of the molecule is O=c1c2sccc2n(Cc2nc(-c3ccc(F)c(Cl)c3)no2)c(=O)n1Cc1ccccc1. The van der Waals surface area contributed by atoms with Crippen LogP contribution in [0.2, 0.25) is 5.02 Å². The summed E-state index contributed by atoms with van der Waals surface area (Å²) in [7, 11) is 0. The van der Waals surface area contributed by atoms with Gasteiger partial charge < -0.3 is 4.52 Å². The molecule has 0 spiro atoms. The van der Waals surface area contributed by atoms with E-state index in [1.54, 1.807) is 11.4 Å². The van der Waals surface area contributed by atoms with Gasteiger partial charge in [-0.25, -0.2) is 9.18 Å². The minimum absolute atomic E-state index is 0.0247. The minimum atomic E-state index is -0.550. The predicted octanol–water partition coefficient (Wildman–Crippen LogP) is 4.16. The highest BCUT2D eigenvalue weighted by Gasteiger charge is 2.18. The second-order valence-electron chi connectivity index (χ2n) is 7.02. The molecule has 3 aromatic heterocycles. The lowest BCUT2D eigenvalue weighted by atomic mass is 10.2. The van der Waals surface area contributed by atoms with Crippen LogP contribution in [-0.2, 0) is 13.1 Å². The van der Waals surface area contributed by atoms with Crippen molar-refractivity contribution >= 4 is 33.2 Å². The molecule has 0 saturated carbocycles. The summed E-state index contributed by atoms with van der Waals surface area (Å²) in [6, 6.07) is 15.1. The molecular weight excluding hydrogens is 455 g/mol. The Kier molecular flexibility index (Phi) is 5.20. The highest BCUT2D eigenvalue weighted by atomic mass is 35.5. The van der Waals surface area contributed by atoms with E-state index in [1.807, 2.05) is 30.3 Å². The summed E-state index contributed by atoms with van der Waals surface area (Å²) in [4.78, 5) is 30.5. The fourth-order valence-corrected chi connectivity index (χ4v) is 4.42. The van der Waals surface area contributed by atoms with E-state index < -0.39 is 11.5 Å². The van der Waals surface area contributed by atoms with Crippen LogP contribution in [0.5, 0.6) is 0 Å². The Hall–Kier alpha value is -3.56. The minimum Gasteiger partial charge on any atom is -0.337 e. The number of fused-ring (bicyclic) bond motifs is 1. The van der Waals surface area contributed by atoms with E-state index in [9.17, 15) is 14.0 Å². The van der Waals surface area contributed by atoms with Crippen LogP contribution in [0.1, 0.15) is 11.5 Å². The smallest absolute Gasteiger partial charge is 0.332 e. The third kappa shape index (κ3) is 3.65. The second-order valence-corrected chi connectivity index (χ2v) is 8.34. The fourth-order valence-electron chi connectivity index (χ4n) is 3.40. The second kappa shape index (κ2) is 8.18. The molecular formula is C22H14ClFN4O3S. The zero-order valence-electron chi connectivity index (χ0n) is 16.4. The molecule has 0 amide bonds. The molecule has 32 heavy (non-hydrogen) atoms. The van der Waals surface area contributed by atoms with Gasteiger partial charge in [0.25, 0.3) is 5.56 Å². The predicted molar refractivity (Wildman–Crippen MR) is 120 cm³/mol. The van der Waals surface area contributed by atoms with Crippen molar-refractivity contribution in [1.29, 1.82) is 0 Å². The van der Waals surface area contributed by atoms with Crippen LogP contribution in [0.25, 0.3) is 21.6 Å². The normalized spacial score (nSPS) is 11.3. The zero-order chi connectivity index (χ0) is 22.2. The number of aromatic nitrogens is 4. The monoisotopic (exact) mass is 468 g/mol. The number of nitrogens with zero attached hydrogens (tertiary/aromatic N) is 4. The molecule has 160 valence electrons. The molecule has 0 aliphatic carbocycles. The maximum atomic E-state index is 13.4. The van der Waals surface area contributed by atoms with E-state index in [0.717, 1.165) is 5.56 Å². The van der Waals surface area contributed by atoms with Gasteiger partial charge in [0, 0.05) is 5.56 Å². The molecule has 5 aromatic rings. The first-order valence-corrected chi connectivity index (χ1v) is 10.8. The molecule has 0 N–H and O–H groups in total. The highest BCUT2D eigenvalue weighted by Crippen LogP contribution is 2.23. The van der Waals surface area contributed by atoms with Crippen molar-refractivity contribution in [3.63, 3.8) is 0 Å². The number of rotatable bonds is 5. The topological polar surface area (TPSA) is 82.9 Å². The standard InChI is InChI=1S/C22H14ClFN4O3S/c23-15-10-14(6-7-16(15)24)20-25-18(31-26-20)12-27-17-8-9-32-19(17)21(29)28(22(27)30)11-13-4-2-1-3-5-13/h1-10H,11-12H2. The largest absolute Gasteiger partial charge is 0.337 e. The Morgan fingerprint density at radius 2 is 1.84 bits per heavy atom. The van der Waals surface area contributed by atoms with E-state index in [0.29, 0.717) is 15.8 Å². The Morgan fingerprint density at radius 1 is 1.03 bits per heavy atom. The van der Waals surface area contributed by atoms with Gasteiger partial charge in [-0.1, -0.05) is 47.1 Å². The molecule has 0 radical (unpaired) electrons. The first-order valence-electron chi connectivity index (χ1n) is 9.54. The molecule has 0 unspecified atom stereocenters. The fraction of sp³-hybridized carbons (Fsp3) is 0.0909. The third-order valence-electron chi connectivity index (χ3n) is 4.96. The van der Waals surface area contributed by atoms with Gasteiger partial charge in [0.15, 0.2) is 0 Å². The summed E-state index contributed by atoms with van der Waals surface area (Å²) in [5.41, 5.74) is 0.997. The molecule has 0 aliphatic rings. The van der Waals surface area contributed by atoms with Crippen molar-refractivity contribution in [3.05, 3.63) is 103 Å². The molecule has 0 fully saturated rings. The lowest BCUT2D eigenvalue weighted by Crippen LogP contribution is -2.40. The van der Waals surface area contributed by atoms with Crippen LogP contribution >= 0.6 is 22.9 Å². The number of halogens is 2. The molecule has 0 bridgehead atoms. The molecule has 0 atom stereocenters. The summed E-state index contributed by atoms with van der Waals surface area (Å²) in [6.45, 7) is 0.124. The number of hydrogen-bond donors (Lipinski definition) is 0. The average Bonchev–Trinajstić information content (AvgIpc) is 3.47. The van der Waals surface area contributed by atoms with Gasteiger partial charge in [-0.2, -0.15) is 4.98 Å². The number of thiophene rings is 1. The highest BCUT2D eigenvalue weighted by molar-refractivity contribution is 7.17. The van der Waals surface area contributed by atoms with E-state index in [4.69, 9.17) is 16.1 Å². The average molecular weight is 469 g/mol. The molecule has 3 heterocycles. The van der Waals surface area contributed by atoms with Crippen LogP contribution < -0.4 is 11.2 Å². The van der Waals surface area contributed by atoms with E-state index >= 15 is 0 Å². The summed E-state index contributed by atoms with van der Waals surface area (Å²) < 4.78 is 21.9. The van der Waals surface area contributed by atoms with Crippen LogP contribution in [-0.4, -0.2) is 19.3 Å². The molecule has 0 aliphatic heterocycles. The maximum Gasteiger partial charge on any atom is 0.332 e. The van der Waals surface area contributed by atoms with Crippen LogP contribution in [0.3, 0.4) is 0 Å². The molecule has 0 saturated heterocycles. The molecule has 2 aromatic carbocycles. The van der Waals surface area contributed by atoms with Crippen molar-refractivity contribution in [2.45, 2.75) is 13.1 Å². The quantitative estimate of drug-likeness (QED) is 0.386. The van der Waals surface area contributed by atoms with Crippen LogP contribution in [0.4, 0.5) is 4.39 Å². The van der Waals surface area contributed by atoms with Crippen molar-refractivity contribution < 1.29 is 8.91 Å². The Balaban J connectivity index is 1.55. The number of benzene rings is 2. The van der Waals surface area contributed by atoms with Crippen molar-refractivity contribution in [3.8, 4) is 11.4 Å². The Labute approximate surface area is 188 Å². The summed E-state index contributed by atoms with van der Waals surface area (Å²) in [5, 5.41) is 5.61.